The van der Waals surface area contributed by atoms with Crippen molar-refractivity contribution >= 4 is 5.91 Å². The van der Waals surface area contributed by atoms with Crippen LogP contribution >= 0.6 is 0 Å². The fourth-order valence-electron chi connectivity index (χ4n) is 2.45. The van der Waals surface area contributed by atoms with Crippen LogP contribution in [-0.2, 0) is 4.79 Å². The SMILES string of the molecule is CCCC(=O)N(C)C1CCCCC1C. The Morgan fingerprint density at radius 2 is 2.00 bits per heavy atom. The molecule has 0 radical (unpaired) electrons. The van der Waals surface area contributed by atoms with E-state index in [1.54, 1.807) is 0 Å². The molecular formula is C12H23NO. The number of amides is 1. The minimum atomic E-state index is 0.325. The molecule has 2 heteroatoms. The first-order valence-electron chi connectivity index (χ1n) is 5.92. The Kier molecular flexibility index (Phi) is 4.43. The number of rotatable bonds is 3. The highest BCUT2D eigenvalue weighted by Crippen LogP contribution is 2.27. The van der Waals surface area contributed by atoms with Gasteiger partial charge in [-0.25, -0.2) is 0 Å². The van der Waals surface area contributed by atoms with Gasteiger partial charge in [0.15, 0.2) is 0 Å². The summed E-state index contributed by atoms with van der Waals surface area (Å²) in [5.41, 5.74) is 0. The first kappa shape index (κ1) is 11.5. The van der Waals surface area contributed by atoms with Crippen molar-refractivity contribution in [2.45, 2.75) is 58.4 Å². The van der Waals surface area contributed by atoms with Gasteiger partial charge >= 0.3 is 0 Å². The van der Waals surface area contributed by atoms with Crippen molar-refractivity contribution in [2.75, 3.05) is 7.05 Å². The van der Waals surface area contributed by atoms with Crippen molar-refractivity contribution in [1.29, 1.82) is 0 Å². The molecule has 0 aromatic carbocycles. The number of carbonyl (C=O) groups excluding carboxylic acids is 1. The second-order valence-electron chi connectivity index (χ2n) is 4.58. The summed E-state index contributed by atoms with van der Waals surface area (Å²) in [7, 11) is 1.98. The summed E-state index contributed by atoms with van der Waals surface area (Å²) in [6, 6.07) is 0.503. The smallest absolute Gasteiger partial charge is 0.222 e. The van der Waals surface area contributed by atoms with Gasteiger partial charge in [0, 0.05) is 19.5 Å². The van der Waals surface area contributed by atoms with Crippen LogP contribution in [-0.4, -0.2) is 23.9 Å². The van der Waals surface area contributed by atoms with Crippen molar-refractivity contribution < 1.29 is 4.79 Å². The molecule has 82 valence electrons. The summed E-state index contributed by atoms with van der Waals surface area (Å²) < 4.78 is 0. The van der Waals surface area contributed by atoms with Gasteiger partial charge in [0.2, 0.25) is 5.91 Å². The van der Waals surface area contributed by atoms with Gasteiger partial charge in [-0.05, 0) is 25.2 Å². The summed E-state index contributed by atoms with van der Waals surface area (Å²) in [4.78, 5) is 13.7. The topological polar surface area (TPSA) is 20.3 Å². The highest BCUT2D eigenvalue weighted by atomic mass is 16.2. The normalized spacial score (nSPS) is 27.4. The number of nitrogens with zero attached hydrogens (tertiary/aromatic N) is 1. The maximum absolute atomic E-state index is 11.7. The molecule has 1 rings (SSSR count). The Balaban J connectivity index is 2.48. The molecule has 0 N–H and O–H groups in total. The molecule has 14 heavy (non-hydrogen) atoms. The number of carbonyl (C=O) groups is 1. The van der Waals surface area contributed by atoms with Crippen LogP contribution in [0.3, 0.4) is 0 Å². The van der Waals surface area contributed by atoms with E-state index < -0.39 is 0 Å². The van der Waals surface area contributed by atoms with Crippen molar-refractivity contribution in [1.82, 2.24) is 4.90 Å². The van der Waals surface area contributed by atoms with Crippen LogP contribution in [0.1, 0.15) is 52.4 Å². The lowest BCUT2D eigenvalue weighted by molar-refractivity contribution is -0.133. The summed E-state index contributed by atoms with van der Waals surface area (Å²) in [6.07, 6.45) is 6.79. The minimum Gasteiger partial charge on any atom is -0.343 e. The third-order valence-electron chi connectivity index (χ3n) is 3.42. The third-order valence-corrected chi connectivity index (χ3v) is 3.42. The lowest BCUT2D eigenvalue weighted by Gasteiger charge is -2.36. The molecule has 1 saturated carbocycles. The molecule has 2 unspecified atom stereocenters. The zero-order chi connectivity index (χ0) is 10.6. The average molecular weight is 197 g/mol. The van der Waals surface area contributed by atoms with Crippen LogP contribution in [0.25, 0.3) is 0 Å². The molecule has 2 atom stereocenters. The van der Waals surface area contributed by atoms with E-state index in [9.17, 15) is 4.79 Å². The molecule has 0 spiro atoms. The van der Waals surface area contributed by atoms with E-state index in [1.165, 1.54) is 25.7 Å². The Morgan fingerprint density at radius 3 is 2.57 bits per heavy atom. The quantitative estimate of drug-likeness (QED) is 0.681. The third kappa shape index (κ3) is 2.73. The lowest BCUT2D eigenvalue weighted by Crippen LogP contribution is -2.42. The maximum atomic E-state index is 11.7. The largest absolute Gasteiger partial charge is 0.343 e. The Bertz CT molecular complexity index is 191. The zero-order valence-corrected chi connectivity index (χ0v) is 9.75. The van der Waals surface area contributed by atoms with E-state index in [1.807, 2.05) is 11.9 Å². The van der Waals surface area contributed by atoms with Gasteiger partial charge in [-0.2, -0.15) is 0 Å². The van der Waals surface area contributed by atoms with Gasteiger partial charge in [-0.15, -0.1) is 0 Å². The molecule has 1 aliphatic carbocycles. The standard InChI is InChI=1S/C12H23NO/c1-4-7-12(14)13(3)11-9-6-5-8-10(11)2/h10-11H,4-9H2,1-3H3. The summed E-state index contributed by atoms with van der Waals surface area (Å²) in [5, 5.41) is 0. The monoisotopic (exact) mass is 197 g/mol. The molecule has 0 aromatic heterocycles. The molecule has 1 aliphatic rings. The fourth-order valence-corrected chi connectivity index (χ4v) is 2.45. The predicted octanol–water partition coefficient (Wildman–Crippen LogP) is 2.82. The van der Waals surface area contributed by atoms with Crippen LogP contribution in [0.15, 0.2) is 0 Å². The summed E-state index contributed by atoms with van der Waals surface area (Å²) >= 11 is 0. The predicted molar refractivity (Wildman–Crippen MR) is 59.1 cm³/mol. The van der Waals surface area contributed by atoms with E-state index in [0.717, 1.165) is 6.42 Å². The van der Waals surface area contributed by atoms with E-state index in [4.69, 9.17) is 0 Å². The maximum Gasteiger partial charge on any atom is 0.222 e. The summed E-state index contributed by atoms with van der Waals surface area (Å²) in [6.45, 7) is 4.34. The first-order chi connectivity index (χ1) is 6.66. The van der Waals surface area contributed by atoms with Crippen LogP contribution in [0.4, 0.5) is 0 Å². The van der Waals surface area contributed by atoms with Crippen molar-refractivity contribution in [3.63, 3.8) is 0 Å². The average Bonchev–Trinajstić information content (AvgIpc) is 2.18. The second kappa shape index (κ2) is 5.38. The molecule has 0 saturated heterocycles. The Hall–Kier alpha value is -0.530. The fraction of sp³-hybridized carbons (Fsp3) is 0.917. The molecule has 0 aliphatic heterocycles. The van der Waals surface area contributed by atoms with E-state index >= 15 is 0 Å². The molecule has 0 bridgehead atoms. The van der Waals surface area contributed by atoms with Crippen LogP contribution in [0, 0.1) is 5.92 Å². The van der Waals surface area contributed by atoms with Crippen molar-refractivity contribution in [3.05, 3.63) is 0 Å². The van der Waals surface area contributed by atoms with Crippen molar-refractivity contribution in [3.8, 4) is 0 Å². The van der Waals surface area contributed by atoms with Crippen molar-refractivity contribution in [2.24, 2.45) is 5.92 Å². The first-order valence-corrected chi connectivity index (χ1v) is 5.92. The highest BCUT2D eigenvalue weighted by Gasteiger charge is 2.27. The van der Waals surface area contributed by atoms with Gasteiger partial charge in [-0.3, -0.25) is 4.79 Å². The number of hydrogen-bond donors (Lipinski definition) is 0. The van der Waals surface area contributed by atoms with Gasteiger partial charge < -0.3 is 4.90 Å². The minimum absolute atomic E-state index is 0.325. The molecule has 1 amide bonds. The van der Waals surface area contributed by atoms with Crippen LogP contribution in [0.2, 0.25) is 0 Å². The Morgan fingerprint density at radius 1 is 1.36 bits per heavy atom. The molecule has 2 nitrogen and oxygen atoms in total. The molecular weight excluding hydrogens is 174 g/mol. The lowest BCUT2D eigenvalue weighted by atomic mass is 9.85. The molecule has 0 aromatic rings. The van der Waals surface area contributed by atoms with E-state index in [0.29, 0.717) is 24.3 Å². The van der Waals surface area contributed by atoms with Crippen LogP contribution in [0.5, 0.6) is 0 Å². The molecule has 1 fully saturated rings. The van der Waals surface area contributed by atoms with E-state index in [2.05, 4.69) is 13.8 Å². The highest BCUT2D eigenvalue weighted by molar-refractivity contribution is 5.76. The van der Waals surface area contributed by atoms with E-state index in [-0.39, 0.29) is 0 Å². The van der Waals surface area contributed by atoms with Crippen LogP contribution < -0.4 is 0 Å². The zero-order valence-electron chi connectivity index (χ0n) is 9.75. The second-order valence-corrected chi connectivity index (χ2v) is 4.58. The van der Waals surface area contributed by atoms with Gasteiger partial charge in [0.1, 0.15) is 0 Å². The summed E-state index contributed by atoms with van der Waals surface area (Å²) in [5.74, 6) is 1.01. The van der Waals surface area contributed by atoms with Gasteiger partial charge in [-0.1, -0.05) is 26.7 Å². The Labute approximate surface area is 87.7 Å². The number of hydrogen-bond acceptors (Lipinski definition) is 1. The van der Waals surface area contributed by atoms with Gasteiger partial charge in [0.05, 0.1) is 0 Å². The molecule has 0 heterocycles. The van der Waals surface area contributed by atoms with Gasteiger partial charge in [0.25, 0.3) is 0 Å².